The van der Waals surface area contributed by atoms with Gasteiger partial charge in [0.1, 0.15) is 0 Å². The zero-order chi connectivity index (χ0) is 13.4. The van der Waals surface area contributed by atoms with Crippen molar-refractivity contribution in [2.75, 3.05) is 19.6 Å². The van der Waals surface area contributed by atoms with E-state index in [2.05, 4.69) is 16.3 Å². The van der Waals surface area contributed by atoms with Crippen LogP contribution in [0.2, 0.25) is 4.34 Å². The van der Waals surface area contributed by atoms with Crippen molar-refractivity contribution in [2.45, 2.75) is 24.9 Å². The van der Waals surface area contributed by atoms with E-state index in [1.165, 1.54) is 4.88 Å². The summed E-state index contributed by atoms with van der Waals surface area (Å²) in [5.41, 5.74) is 5.98. The first-order chi connectivity index (χ1) is 9.20. The molecule has 19 heavy (non-hydrogen) atoms. The summed E-state index contributed by atoms with van der Waals surface area (Å²) in [5, 5.41) is 2.98. The molecule has 3 heterocycles. The minimum Gasteiger partial charge on any atom is -0.354 e. The lowest BCUT2D eigenvalue weighted by Gasteiger charge is -2.40. The van der Waals surface area contributed by atoms with E-state index < -0.39 is 0 Å². The number of nitrogens with one attached hydrogen (secondary N) is 1. The van der Waals surface area contributed by atoms with Crippen LogP contribution in [0.5, 0.6) is 0 Å². The van der Waals surface area contributed by atoms with Crippen LogP contribution in [0, 0.1) is 5.92 Å². The summed E-state index contributed by atoms with van der Waals surface area (Å²) < 4.78 is 0.794. The molecule has 4 nitrogen and oxygen atoms in total. The number of nitrogens with zero attached hydrogens (tertiary/aromatic N) is 1. The Morgan fingerprint density at radius 3 is 3.11 bits per heavy atom. The van der Waals surface area contributed by atoms with E-state index in [9.17, 15) is 4.79 Å². The van der Waals surface area contributed by atoms with Gasteiger partial charge in [-0.3, -0.25) is 9.69 Å². The molecule has 0 spiro atoms. The van der Waals surface area contributed by atoms with Crippen LogP contribution in [0.25, 0.3) is 0 Å². The van der Waals surface area contributed by atoms with Crippen LogP contribution in [0.15, 0.2) is 12.1 Å². The molecule has 0 aromatic carbocycles. The van der Waals surface area contributed by atoms with Gasteiger partial charge in [0.05, 0.1) is 16.3 Å². The van der Waals surface area contributed by atoms with Crippen LogP contribution in [-0.4, -0.2) is 36.5 Å². The van der Waals surface area contributed by atoms with Gasteiger partial charge in [0, 0.05) is 24.0 Å². The lowest BCUT2D eigenvalue weighted by Crippen LogP contribution is -2.48. The predicted molar refractivity (Wildman–Crippen MR) is 77.4 cm³/mol. The number of fused-ring (bicyclic) bond motifs is 1. The molecule has 3 unspecified atom stereocenters. The topological polar surface area (TPSA) is 58.4 Å². The lowest BCUT2D eigenvalue weighted by atomic mass is 9.90. The molecule has 0 bridgehead atoms. The van der Waals surface area contributed by atoms with E-state index in [-0.39, 0.29) is 23.9 Å². The highest BCUT2D eigenvalue weighted by Gasteiger charge is 2.43. The van der Waals surface area contributed by atoms with Crippen LogP contribution in [0.1, 0.15) is 23.8 Å². The highest BCUT2D eigenvalue weighted by molar-refractivity contribution is 7.16. The van der Waals surface area contributed by atoms with Gasteiger partial charge in [-0.25, -0.2) is 0 Å². The maximum Gasteiger partial charge on any atom is 0.224 e. The summed E-state index contributed by atoms with van der Waals surface area (Å²) >= 11 is 7.62. The normalized spacial score (nSPS) is 29.1. The first-order valence-electron chi connectivity index (χ1n) is 6.69. The monoisotopic (exact) mass is 299 g/mol. The van der Waals surface area contributed by atoms with Crippen molar-refractivity contribution in [3.05, 3.63) is 21.3 Å². The Morgan fingerprint density at radius 2 is 2.42 bits per heavy atom. The number of rotatable bonds is 3. The van der Waals surface area contributed by atoms with Gasteiger partial charge in [0.25, 0.3) is 0 Å². The van der Waals surface area contributed by atoms with Crippen molar-refractivity contribution >= 4 is 28.8 Å². The van der Waals surface area contributed by atoms with Gasteiger partial charge in [-0.15, -0.1) is 11.3 Å². The molecule has 0 aliphatic carbocycles. The van der Waals surface area contributed by atoms with Crippen molar-refractivity contribution in [1.82, 2.24) is 10.2 Å². The molecule has 6 heteroatoms. The van der Waals surface area contributed by atoms with Crippen LogP contribution in [0.3, 0.4) is 0 Å². The molecule has 3 N–H and O–H groups in total. The summed E-state index contributed by atoms with van der Waals surface area (Å²) in [5.74, 6) is 0.341. The zero-order valence-electron chi connectivity index (χ0n) is 10.6. The van der Waals surface area contributed by atoms with Crippen molar-refractivity contribution in [1.29, 1.82) is 0 Å². The van der Waals surface area contributed by atoms with Gasteiger partial charge in [-0.05, 0) is 31.5 Å². The van der Waals surface area contributed by atoms with Crippen molar-refractivity contribution in [3.8, 4) is 0 Å². The summed E-state index contributed by atoms with van der Waals surface area (Å²) in [6.45, 7) is 2.32. The summed E-state index contributed by atoms with van der Waals surface area (Å²) in [7, 11) is 0. The number of carbonyl (C=O) groups excluding carboxylic acids is 1. The zero-order valence-corrected chi connectivity index (χ0v) is 12.2. The van der Waals surface area contributed by atoms with E-state index in [1.807, 2.05) is 6.07 Å². The SMILES string of the molecule is NCC(c1ccc(Cl)s1)N1CCCC2C(=O)NCC21. The predicted octanol–water partition coefficient (Wildman–Crippen LogP) is 1.61. The highest BCUT2D eigenvalue weighted by Crippen LogP contribution is 2.36. The van der Waals surface area contributed by atoms with Crippen molar-refractivity contribution in [3.63, 3.8) is 0 Å². The van der Waals surface area contributed by atoms with E-state index in [0.29, 0.717) is 6.54 Å². The Hall–Kier alpha value is -0.620. The fraction of sp³-hybridized carbons (Fsp3) is 0.615. The third-order valence-corrected chi connectivity index (χ3v) is 5.52. The number of halogens is 1. The average Bonchev–Trinajstić information content (AvgIpc) is 2.99. The highest BCUT2D eigenvalue weighted by atomic mass is 35.5. The number of hydrogen-bond acceptors (Lipinski definition) is 4. The van der Waals surface area contributed by atoms with Gasteiger partial charge in [0.2, 0.25) is 5.91 Å². The second-order valence-electron chi connectivity index (χ2n) is 5.19. The van der Waals surface area contributed by atoms with Crippen molar-refractivity contribution in [2.24, 2.45) is 11.7 Å². The molecule has 2 saturated heterocycles. The van der Waals surface area contributed by atoms with Gasteiger partial charge in [0.15, 0.2) is 0 Å². The maximum absolute atomic E-state index is 11.8. The minimum atomic E-state index is 0.137. The molecule has 1 amide bonds. The number of thiophene rings is 1. The number of hydrogen-bond donors (Lipinski definition) is 2. The Balaban J connectivity index is 1.84. The van der Waals surface area contributed by atoms with Gasteiger partial charge in [-0.2, -0.15) is 0 Å². The Labute approximate surface area is 121 Å². The first-order valence-corrected chi connectivity index (χ1v) is 7.89. The molecular formula is C13H18ClN3OS. The number of amides is 1. The molecular weight excluding hydrogens is 282 g/mol. The Kier molecular flexibility index (Phi) is 3.80. The molecule has 104 valence electrons. The molecule has 0 radical (unpaired) electrons. The van der Waals surface area contributed by atoms with Gasteiger partial charge < -0.3 is 11.1 Å². The second-order valence-corrected chi connectivity index (χ2v) is 6.94. The van der Waals surface area contributed by atoms with Crippen LogP contribution < -0.4 is 11.1 Å². The summed E-state index contributed by atoms with van der Waals surface area (Å²) in [4.78, 5) is 15.4. The van der Waals surface area contributed by atoms with Gasteiger partial charge in [-0.1, -0.05) is 11.6 Å². The molecule has 2 fully saturated rings. The van der Waals surface area contributed by atoms with E-state index in [4.69, 9.17) is 17.3 Å². The van der Waals surface area contributed by atoms with Gasteiger partial charge >= 0.3 is 0 Å². The van der Waals surface area contributed by atoms with Crippen LogP contribution in [0.4, 0.5) is 0 Å². The molecule has 1 aromatic rings. The maximum atomic E-state index is 11.8. The molecule has 0 saturated carbocycles. The molecule has 3 atom stereocenters. The number of likely N-dealkylation sites (tertiary alicyclic amines) is 1. The summed E-state index contributed by atoms with van der Waals surface area (Å²) in [6, 6.07) is 4.44. The number of piperidine rings is 1. The lowest BCUT2D eigenvalue weighted by molar-refractivity contribution is -0.124. The first kappa shape index (κ1) is 13.4. The average molecular weight is 300 g/mol. The number of nitrogens with two attached hydrogens (primary N) is 1. The molecule has 2 aliphatic heterocycles. The Morgan fingerprint density at radius 1 is 1.58 bits per heavy atom. The van der Waals surface area contributed by atoms with Crippen LogP contribution >= 0.6 is 22.9 Å². The van der Waals surface area contributed by atoms with Crippen LogP contribution in [-0.2, 0) is 4.79 Å². The third kappa shape index (κ3) is 2.40. The Bertz CT molecular complexity index is 478. The minimum absolute atomic E-state index is 0.137. The third-order valence-electron chi connectivity index (χ3n) is 4.19. The summed E-state index contributed by atoms with van der Waals surface area (Å²) in [6.07, 6.45) is 2.06. The molecule has 1 aromatic heterocycles. The largest absolute Gasteiger partial charge is 0.354 e. The fourth-order valence-corrected chi connectivity index (χ4v) is 4.49. The van der Waals surface area contributed by atoms with Crippen molar-refractivity contribution < 1.29 is 4.79 Å². The molecule has 3 rings (SSSR count). The standard InChI is InChI=1S/C13H18ClN3OS/c14-12-4-3-11(19-12)9(6-15)17-5-1-2-8-10(17)7-16-13(8)18/h3-4,8-10H,1-2,5-7,15H2,(H,16,18). The van der Waals surface area contributed by atoms with E-state index in [0.717, 1.165) is 30.3 Å². The van der Waals surface area contributed by atoms with E-state index >= 15 is 0 Å². The smallest absolute Gasteiger partial charge is 0.224 e. The quantitative estimate of drug-likeness (QED) is 0.891. The molecule has 2 aliphatic rings. The van der Waals surface area contributed by atoms with E-state index in [1.54, 1.807) is 11.3 Å². The fourth-order valence-electron chi connectivity index (χ4n) is 3.29. The number of carbonyl (C=O) groups is 1. The second kappa shape index (κ2) is 5.40.